The maximum absolute atomic E-state index is 11.4. The van der Waals surface area contributed by atoms with Crippen LogP contribution in [-0.4, -0.2) is 38.7 Å². The third-order valence-electron chi connectivity index (χ3n) is 5.02. The first-order valence-electron chi connectivity index (χ1n) is 9.11. The van der Waals surface area contributed by atoms with Crippen LogP contribution in [0, 0.1) is 12.8 Å². The lowest BCUT2D eigenvalue weighted by atomic mass is 9.96. The van der Waals surface area contributed by atoms with Gasteiger partial charge < -0.3 is 10.6 Å². The number of aryl methyl sites for hydroxylation is 1. The van der Waals surface area contributed by atoms with Crippen LogP contribution < -0.4 is 10.6 Å². The van der Waals surface area contributed by atoms with Crippen LogP contribution in [0.4, 0.5) is 5.95 Å². The SMILES string of the molecule is Cc1nn(-c2ccccc2)cc1-c1ccnc(N2CCC(C(N)=O)CC2)n1. The van der Waals surface area contributed by atoms with Gasteiger partial charge >= 0.3 is 0 Å². The zero-order valence-corrected chi connectivity index (χ0v) is 15.2. The third-order valence-corrected chi connectivity index (χ3v) is 5.02. The number of carbonyl (C=O) groups excluding carboxylic acids is 1. The van der Waals surface area contributed by atoms with Crippen LogP contribution in [0.2, 0.25) is 0 Å². The van der Waals surface area contributed by atoms with Crippen molar-refractivity contribution in [3.05, 3.63) is 54.5 Å². The lowest BCUT2D eigenvalue weighted by Crippen LogP contribution is -2.39. The summed E-state index contributed by atoms with van der Waals surface area (Å²) in [7, 11) is 0. The van der Waals surface area contributed by atoms with E-state index in [0.717, 1.165) is 48.6 Å². The summed E-state index contributed by atoms with van der Waals surface area (Å²) in [5.74, 6) is 0.423. The molecule has 0 saturated carbocycles. The number of hydrogen-bond acceptors (Lipinski definition) is 5. The van der Waals surface area contributed by atoms with Crippen LogP contribution in [-0.2, 0) is 4.79 Å². The largest absolute Gasteiger partial charge is 0.369 e. The number of amides is 1. The number of hydrogen-bond donors (Lipinski definition) is 1. The molecule has 0 unspecified atom stereocenters. The summed E-state index contributed by atoms with van der Waals surface area (Å²) in [6.07, 6.45) is 5.26. The van der Waals surface area contributed by atoms with Gasteiger partial charge in [0.15, 0.2) is 0 Å². The summed E-state index contributed by atoms with van der Waals surface area (Å²) >= 11 is 0. The minimum atomic E-state index is -0.215. The number of anilines is 1. The summed E-state index contributed by atoms with van der Waals surface area (Å²) in [6.45, 7) is 3.45. The quantitative estimate of drug-likeness (QED) is 0.769. The highest BCUT2D eigenvalue weighted by Gasteiger charge is 2.24. The number of nitrogens with two attached hydrogens (primary N) is 1. The van der Waals surface area contributed by atoms with E-state index in [0.29, 0.717) is 5.95 Å². The third kappa shape index (κ3) is 3.53. The zero-order chi connectivity index (χ0) is 18.8. The van der Waals surface area contributed by atoms with Gasteiger partial charge in [-0.05, 0) is 38.0 Å². The molecule has 4 rings (SSSR count). The molecule has 27 heavy (non-hydrogen) atoms. The van der Waals surface area contributed by atoms with Crippen LogP contribution in [0.3, 0.4) is 0 Å². The molecule has 3 aromatic rings. The fourth-order valence-corrected chi connectivity index (χ4v) is 3.44. The van der Waals surface area contributed by atoms with Gasteiger partial charge in [0.1, 0.15) is 0 Å². The van der Waals surface area contributed by atoms with Gasteiger partial charge in [-0.2, -0.15) is 5.10 Å². The molecule has 1 amide bonds. The van der Waals surface area contributed by atoms with Crippen LogP contribution in [0.15, 0.2) is 48.8 Å². The van der Waals surface area contributed by atoms with E-state index in [1.165, 1.54) is 0 Å². The molecule has 138 valence electrons. The second kappa shape index (κ2) is 7.19. The van der Waals surface area contributed by atoms with Crippen molar-refractivity contribution in [2.45, 2.75) is 19.8 Å². The highest BCUT2D eigenvalue weighted by Crippen LogP contribution is 2.25. The minimum absolute atomic E-state index is 0.0456. The highest BCUT2D eigenvalue weighted by molar-refractivity contribution is 5.77. The maximum Gasteiger partial charge on any atom is 0.225 e. The Morgan fingerprint density at radius 2 is 1.89 bits per heavy atom. The number of para-hydroxylation sites is 1. The first-order valence-corrected chi connectivity index (χ1v) is 9.11. The molecular formula is C20H22N6O. The number of piperidine rings is 1. The number of carbonyl (C=O) groups is 1. The van der Waals surface area contributed by atoms with Gasteiger partial charge in [0.2, 0.25) is 11.9 Å². The molecule has 7 heteroatoms. The molecule has 1 aliphatic rings. The van der Waals surface area contributed by atoms with Crippen LogP contribution in [0.5, 0.6) is 0 Å². The van der Waals surface area contributed by atoms with Gasteiger partial charge in [-0.3, -0.25) is 4.79 Å². The van der Waals surface area contributed by atoms with E-state index in [1.54, 1.807) is 6.20 Å². The summed E-state index contributed by atoms with van der Waals surface area (Å²) in [5, 5.41) is 4.62. The Kier molecular flexibility index (Phi) is 4.58. The highest BCUT2D eigenvalue weighted by atomic mass is 16.1. The first-order chi connectivity index (χ1) is 13.1. The second-order valence-electron chi connectivity index (χ2n) is 6.81. The Morgan fingerprint density at radius 1 is 1.15 bits per heavy atom. The Labute approximate surface area is 157 Å². The van der Waals surface area contributed by atoms with Crippen molar-refractivity contribution < 1.29 is 4.79 Å². The van der Waals surface area contributed by atoms with Gasteiger partial charge in [-0.25, -0.2) is 14.6 Å². The minimum Gasteiger partial charge on any atom is -0.369 e. The van der Waals surface area contributed by atoms with Gasteiger partial charge in [0.05, 0.1) is 17.1 Å². The maximum atomic E-state index is 11.4. The number of aromatic nitrogens is 4. The lowest BCUT2D eigenvalue weighted by Gasteiger charge is -2.30. The average Bonchev–Trinajstić information content (AvgIpc) is 3.10. The smallest absolute Gasteiger partial charge is 0.225 e. The fraction of sp³-hybridized carbons (Fsp3) is 0.300. The van der Waals surface area contributed by atoms with E-state index in [1.807, 2.05) is 54.2 Å². The van der Waals surface area contributed by atoms with Gasteiger partial charge in [-0.15, -0.1) is 0 Å². The predicted octanol–water partition coefficient (Wildman–Crippen LogP) is 2.34. The molecule has 1 aliphatic heterocycles. The van der Waals surface area contributed by atoms with Gasteiger partial charge in [0.25, 0.3) is 0 Å². The molecule has 0 atom stereocenters. The molecule has 0 bridgehead atoms. The van der Waals surface area contributed by atoms with E-state index in [-0.39, 0.29) is 11.8 Å². The van der Waals surface area contributed by atoms with Crippen molar-refractivity contribution in [1.82, 2.24) is 19.7 Å². The lowest BCUT2D eigenvalue weighted by molar-refractivity contribution is -0.122. The average molecular weight is 362 g/mol. The molecule has 1 saturated heterocycles. The van der Waals surface area contributed by atoms with Gasteiger partial charge in [0, 0.05) is 37.0 Å². The molecular weight excluding hydrogens is 340 g/mol. The molecule has 0 aliphatic carbocycles. The van der Waals surface area contributed by atoms with E-state index < -0.39 is 0 Å². The number of nitrogens with zero attached hydrogens (tertiary/aromatic N) is 5. The Bertz CT molecular complexity index is 944. The van der Waals surface area contributed by atoms with Crippen molar-refractivity contribution in [1.29, 1.82) is 0 Å². The van der Waals surface area contributed by atoms with Crippen molar-refractivity contribution in [2.24, 2.45) is 11.7 Å². The molecule has 0 radical (unpaired) electrons. The summed E-state index contributed by atoms with van der Waals surface area (Å²) < 4.78 is 1.87. The Hall–Kier alpha value is -3.22. The molecule has 2 N–H and O–H groups in total. The standard InChI is InChI=1S/C20H22N6O/c1-14-17(13-26(24-14)16-5-3-2-4-6-16)18-7-10-22-20(23-18)25-11-8-15(9-12-25)19(21)27/h2-7,10,13,15H,8-9,11-12H2,1H3,(H2,21,27). The van der Waals surface area contributed by atoms with Crippen LogP contribution >= 0.6 is 0 Å². The van der Waals surface area contributed by atoms with E-state index in [9.17, 15) is 4.79 Å². The second-order valence-corrected chi connectivity index (χ2v) is 6.81. The van der Waals surface area contributed by atoms with Crippen LogP contribution in [0.1, 0.15) is 18.5 Å². The summed E-state index contributed by atoms with van der Waals surface area (Å²) in [5.41, 5.74) is 9.17. The summed E-state index contributed by atoms with van der Waals surface area (Å²) in [6, 6.07) is 11.9. The van der Waals surface area contributed by atoms with Crippen molar-refractivity contribution in [3.63, 3.8) is 0 Å². The normalized spacial score (nSPS) is 15.1. The predicted molar refractivity (Wildman–Crippen MR) is 103 cm³/mol. The van der Waals surface area contributed by atoms with Crippen molar-refractivity contribution >= 4 is 11.9 Å². The summed E-state index contributed by atoms with van der Waals surface area (Å²) in [4.78, 5) is 22.6. The monoisotopic (exact) mass is 362 g/mol. The topological polar surface area (TPSA) is 89.9 Å². The van der Waals surface area contributed by atoms with Crippen molar-refractivity contribution in [2.75, 3.05) is 18.0 Å². The van der Waals surface area contributed by atoms with E-state index in [2.05, 4.69) is 15.0 Å². The van der Waals surface area contributed by atoms with Gasteiger partial charge in [-0.1, -0.05) is 18.2 Å². The molecule has 2 aromatic heterocycles. The molecule has 1 aromatic carbocycles. The molecule has 7 nitrogen and oxygen atoms in total. The number of rotatable bonds is 4. The van der Waals surface area contributed by atoms with E-state index >= 15 is 0 Å². The molecule has 3 heterocycles. The molecule has 0 spiro atoms. The number of benzene rings is 1. The van der Waals surface area contributed by atoms with Crippen LogP contribution in [0.25, 0.3) is 16.9 Å². The number of primary amides is 1. The Balaban J connectivity index is 1.58. The fourth-order valence-electron chi connectivity index (χ4n) is 3.44. The van der Waals surface area contributed by atoms with Crippen molar-refractivity contribution in [3.8, 4) is 16.9 Å². The Morgan fingerprint density at radius 3 is 2.59 bits per heavy atom. The zero-order valence-electron chi connectivity index (χ0n) is 15.2. The first kappa shape index (κ1) is 17.2. The van der Waals surface area contributed by atoms with E-state index in [4.69, 9.17) is 10.7 Å². The molecule has 1 fully saturated rings.